The van der Waals surface area contributed by atoms with Gasteiger partial charge in [-0.25, -0.2) is 4.79 Å². The Kier molecular flexibility index (Phi) is 6.30. The zero-order valence-corrected chi connectivity index (χ0v) is 13.4. The number of hydrogen-bond acceptors (Lipinski definition) is 3. The lowest BCUT2D eigenvalue weighted by molar-refractivity contribution is 0.179. The van der Waals surface area contributed by atoms with Gasteiger partial charge in [0, 0.05) is 26.2 Å². The minimum atomic E-state index is 0.0967. The molecule has 2 saturated heterocycles. The molecular formula is C16H31N3O2. The number of rotatable bonds is 4. The monoisotopic (exact) mass is 297 g/mol. The SMILES string of the molecule is CC1(CNC(=O)N2CCCC(CCO)CC2)CCNCC1. The summed E-state index contributed by atoms with van der Waals surface area (Å²) in [5, 5.41) is 15.6. The Bertz CT molecular complexity index is 329. The number of carbonyl (C=O) groups is 1. The van der Waals surface area contributed by atoms with Crippen molar-refractivity contribution in [2.45, 2.75) is 45.4 Å². The molecule has 2 rings (SSSR count). The van der Waals surface area contributed by atoms with Crippen molar-refractivity contribution < 1.29 is 9.90 Å². The number of nitrogens with one attached hydrogen (secondary N) is 2. The summed E-state index contributed by atoms with van der Waals surface area (Å²) in [5.41, 5.74) is 0.242. The molecule has 0 aromatic rings. The molecule has 5 nitrogen and oxygen atoms in total. The molecule has 0 aromatic carbocycles. The number of aliphatic hydroxyl groups is 1. The number of likely N-dealkylation sites (tertiary alicyclic amines) is 1. The zero-order chi connectivity index (χ0) is 15.1. The molecule has 2 fully saturated rings. The van der Waals surface area contributed by atoms with E-state index in [0.29, 0.717) is 5.92 Å². The molecule has 5 heteroatoms. The molecule has 2 amide bonds. The summed E-state index contributed by atoms with van der Waals surface area (Å²) >= 11 is 0. The van der Waals surface area contributed by atoms with Crippen molar-refractivity contribution in [2.24, 2.45) is 11.3 Å². The van der Waals surface area contributed by atoms with Crippen LogP contribution in [-0.2, 0) is 0 Å². The van der Waals surface area contributed by atoms with Gasteiger partial charge in [0.25, 0.3) is 0 Å². The summed E-state index contributed by atoms with van der Waals surface area (Å²) in [5.74, 6) is 0.578. The summed E-state index contributed by atoms with van der Waals surface area (Å²) in [7, 11) is 0. The Labute approximate surface area is 128 Å². The van der Waals surface area contributed by atoms with E-state index in [1.165, 1.54) is 0 Å². The fourth-order valence-electron chi connectivity index (χ4n) is 3.45. The van der Waals surface area contributed by atoms with Crippen LogP contribution in [0.1, 0.15) is 45.4 Å². The smallest absolute Gasteiger partial charge is 0.317 e. The number of carbonyl (C=O) groups excluding carboxylic acids is 1. The molecular weight excluding hydrogens is 266 g/mol. The van der Waals surface area contributed by atoms with Crippen molar-refractivity contribution >= 4 is 6.03 Å². The minimum absolute atomic E-state index is 0.0967. The first-order chi connectivity index (χ1) is 10.1. The second-order valence-corrected chi connectivity index (χ2v) is 7.02. The predicted molar refractivity (Wildman–Crippen MR) is 84.2 cm³/mol. The third kappa shape index (κ3) is 5.15. The molecule has 0 spiro atoms. The van der Waals surface area contributed by atoms with E-state index in [4.69, 9.17) is 5.11 Å². The summed E-state index contributed by atoms with van der Waals surface area (Å²) in [6, 6.07) is 0.0967. The van der Waals surface area contributed by atoms with Gasteiger partial charge >= 0.3 is 6.03 Å². The van der Waals surface area contributed by atoms with Crippen molar-refractivity contribution in [3.05, 3.63) is 0 Å². The Morgan fingerprint density at radius 3 is 2.81 bits per heavy atom. The van der Waals surface area contributed by atoms with Gasteiger partial charge in [0.1, 0.15) is 0 Å². The number of hydrogen-bond donors (Lipinski definition) is 3. The van der Waals surface area contributed by atoms with Crippen molar-refractivity contribution in [1.29, 1.82) is 0 Å². The summed E-state index contributed by atoms with van der Waals surface area (Å²) < 4.78 is 0. The molecule has 2 heterocycles. The first-order valence-electron chi connectivity index (χ1n) is 8.47. The highest BCUT2D eigenvalue weighted by atomic mass is 16.3. The average Bonchev–Trinajstić information content (AvgIpc) is 2.72. The van der Waals surface area contributed by atoms with Crippen LogP contribution in [0.15, 0.2) is 0 Å². The number of piperidine rings is 1. The summed E-state index contributed by atoms with van der Waals surface area (Å²) in [6.45, 7) is 7.11. The van der Waals surface area contributed by atoms with E-state index in [1.54, 1.807) is 0 Å². The predicted octanol–water partition coefficient (Wildman–Crippen LogP) is 1.57. The second kappa shape index (κ2) is 7.99. The third-order valence-electron chi connectivity index (χ3n) is 5.15. The van der Waals surface area contributed by atoms with Crippen molar-refractivity contribution in [3.8, 4) is 0 Å². The highest BCUT2D eigenvalue weighted by Gasteiger charge is 2.28. The van der Waals surface area contributed by atoms with Crippen LogP contribution in [-0.4, -0.2) is 55.4 Å². The van der Waals surface area contributed by atoms with Gasteiger partial charge in [0.05, 0.1) is 0 Å². The van der Waals surface area contributed by atoms with E-state index < -0.39 is 0 Å². The molecule has 2 aliphatic rings. The van der Waals surface area contributed by atoms with Gasteiger partial charge in [0.2, 0.25) is 0 Å². The first-order valence-corrected chi connectivity index (χ1v) is 8.47. The fraction of sp³-hybridized carbons (Fsp3) is 0.938. The van der Waals surface area contributed by atoms with Gasteiger partial charge in [-0.1, -0.05) is 6.92 Å². The standard InChI is InChI=1S/C16H31N3O2/c1-16(6-8-17-9-7-16)13-18-15(21)19-10-2-3-14(4-11-19)5-12-20/h14,17,20H,2-13H2,1H3,(H,18,21). The van der Waals surface area contributed by atoms with Crippen LogP contribution in [0.4, 0.5) is 4.79 Å². The normalized spacial score (nSPS) is 26.2. The number of amides is 2. The lowest BCUT2D eigenvalue weighted by Crippen LogP contribution is -2.47. The Morgan fingerprint density at radius 2 is 2.10 bits per heavy atom. The van der Waals surface area contributed by atoms with Gasteiger partial charge in [0.15, 0.2) is 0 Å². The van der Waals surface area contributed by atoms with Crippen LogP contribution in [0.25, 0.3) is 0 Å². The van der Waals surface area contributed by atoms with E-state index in [9.17, 15) is 4.79 Å². The Hall–Kier alpha value is -0.810. The minimum Gasteiger partial charge on any atom is -0.396 e. The maximum absolute atomic E-state index is 12.4. The van der Waals surface area contributed by atoms with Gasteiger partial charge < -0.3 is 20.6 Å². The highest BCUT2D eigenvalue weighted by molar-refractivity contribution is 5.74. The molecule has 3 N–H and O–H groups in total. The van der Waals surface area contributed by atoms with Gasteiger partial charge in [-0.3, -0.25) is 0 Å². The maximum atomic E-state index is 12.4. The molecule has 0 radical (unpaired) electrons. The van der Waals surface area contributed by atoms with Gasteiger partial charge in [-0.15, -0.1) is 0 Å². The summed E-state index contributed by atoms with van der Waals surface area (Å²) in [4.78, 5) is 14.3. The second-order valence-electron chi connectivity index (χ2n) is 7.02. The third-order valence-corrected chi connectivity index (χ3v) is 5.15. The van der Waals surface area contributed by atoms with Gasteiger partial charge in [-0.2, -0.15) is 0 Å². The van der Waals surface area contributed by atoms with Crippen LogP contribution in [0, 0.1) is 11.3 Å². The van der Waals surface area contributed by atoms with Gasteiger partial charge in [-0.05, 0) is 62.9 Å². The Morgan fingerprint density at radius 1 is 1.33 bits per heavy atom. The molecule has 1 atom stereocenters. The van der Waals surface area contributed by atoms with Crippen LogP contribution in [0.3, 0.4) is 0 Å². The van der Waals surface area contributed by atoms with Crippen molar-refractivity contribution in [1.82, 2.24) is 15.5 Å². The lowest BCUT2D eigenvalue weighted by atomic mass is 9.81. The largest absolute Gasteiger partial charge is 0.396 e. The van der Waals surface area contributed by atoms with E-state index in [2.05, 4.69) is 17.6 Å². The molecule has 0 aromatic heterocycles. The molecule has 0 aliphatic carbocycles. The topological polar surface area (TPSA) is 64.6 Å². The van der Waals surface area contributed by atoms with E-state index in [0.717, 1.165) is 71.2 Å². The van der Waals surface area contributed by atoms with Crippen molar-refractivity contribution in [2.75, 3.05) is 39.3 Å². The molecule has 1 unspecified atom stereocenters. The molecule has 21 heavy (non-hydrogen) atoms. The van der Waals surface area contributed by atoms with E-state index in [-0.39, 0.29) is 18.1 Å². The summed E-state index contributed by atoms with van der Waals surface area (Å²) in [6.07, 6.45) is 6.35. The molecule has 122 valence electrons. The molecule has 0 bridgehead atoms. The lowest BCUT2D eigenvalue weighted by Gasteiger charge is -2.35. The molecule has 0 saturated carbocycles. The number of urea groups is 1. The highest BCUT2D eigenvalue weighted by Crippen LogP contribution is 2.27. The van der Waals surface area contributed by atoms with Crippen LogP contribution in [0.2, 0.25) is 0 Å². The quantitative estimate of drug-likeness (QED) is 0.738. The van der Waals surface area contributed by atoms with Crippen LogP contribution >= 0.6 is 0 Å². The first kappa shape index (κ1) is 16.6. The zero-order valence-electron chi connectivity index (χ0n) is 13.4. The number of aliphatic hydroxyl groups excluding tert-OH is 1. The maximum Gasteiger partial charge on any atom is 0.317 e. The van der Waals surface area contributed by atoms with E-state index >= 15 is 0 Å². The fourth-order valence-corrected chi connectivity index (χ4v) is 3.45. The van der Waals surface area contributed by atoms with Crippen LogP contribution < -0.4 is 10.6 Å². The molecule has 2 aliphatic heterocycles. The van der Waals surface area contributed by atoms with Crippen LogP contribution in [0.5, 0.6) is 0 Å². The Balaban J connectivity index is 1.75. The van der Waals surface area contributed by atoms with E-state index in [1.807, 2.05) is 4.90 Å². The van der Waals surface area contributed by atoms with Crippen molar-refractivity contribution in [3.63, 3.8) is 0 Å². The average molecular weight is 297 g/mol. The number of nitrogens with zero attached hydrogens (tertiary/aromatic N) is 1.